The Morgan fingerprint density at radius 1 is 0.958 bits per heavy atom. The lowest BCUT2D eigenvalue weighted by molar-refractivity contribution is -0.155. The normalized spacial score (nSPS) is 13.0. The van der Waals surface area contributed by atoms with Crippen LogP contribution in [0.25, 0.3) is 0 Å². The maximum atomic E-state index is 11.3. The van der Waals surface area contributed by atoms with E-state index in [4.69, 9.17) is 4.74 Å². The Morgan fingerprint density at radius 2 is 1.42 bits per heavy atom. The number of hydrogen-bond donors (Lipinski definition) is 2. The van der Waals surface area contributed by atoms with E-state index in [1.807, 2.05) is 20.8 Å². The van der Waals surface area contributed by atoms with Crippen molar-refractivity contribution in [2.45, 2.75) is 58.7 Å². The molecule has 0 spiro atoms. The quantitative estimate of drug-likeness (QED) is 0.510. The highest BCUT2D eigenvalue weighted by atomic mass is 16.6. The van der Waals surface area contributed by atoms with Crippen LogP contribution in [0.3, 0.4) is 0 Å². The molecule has 0 aliphatic carbocycles. The second-order valence-electron chi connectivity index (χ2n) is 6.07. The minimum Gasteiger partial charge on any atom is -0.468 e. The second kappa shape index (κ2) is 12.7. The molecule has 142 valence electrons. The smallest absolute Gasteiger partial charge is 0.322 e. The van der Waals surface area contributed by atoms with E-state index in [0.29, 0.717) is 6.54 Å². The van der Waals surface area contributed by atoms with Gasteiger partial charge < -0.3 is 24.8 Å². The van der Waals surface area contributed by atoms with Crippen LogP contribution >= 0.6 is 0 Å². The molecule has 0 heterocycles. The van der Waals surface area contributed by atoms with E-state index in [1.165, 1.54) is 14.2 Å². The molecule has 0 rings (SSSR count). The fraction of sp³-hybridized carbons (Fsp3) is 0.812. The summed E-state index contributed by atoms with van der Waals surface area (Å²) in [5.41, 5.74) is -0.467. The van der Waals surface area contributed by atoms with Gasteiger partial charge in [-0.2, -0.15) is 0 Å². The second-order valence-corrected chi connectivity index (χ2v) is 6.07. The van der Waals surface area contributed by atoms with Crippen LogP contribution in [-0.2, 0) is 28.6 Å². The predicted octanol–water partition coefficient (Wildman–Crippen LogP) is 0.637. The van der Waals surface area contributed by atoms with Crippen molar-refractivity contribution in [1.82, 2.24) is 10.6 Å². The molecule has 0 radical (unpaired) electrons. The molecule has 8 nitrogen and oxygen atoms in total. The molecule has 2 atom stereocenters. The highest BCUT2D eigenvalue weighted by Crippen LogP contribution is 2.07. The lowest BCUT2D eigenvalue weighted by Crippen LogP contribution is -2.36. The third-order valence-electron chi connectivity index (χ3n) is 2.74. The minimum absolute atomic E-state index is 0.194. The Balaban J connectivity index is 0. The number of likely N-dealkylation sites (N-methyl/N-ethyl adjacent to an activating group) is 1. The predicted molar refractivity (Wildman–Crippen MR) is 90.5 cm³/mol. The van der Waals surface area contributed by atoms with Crippen LogP contribution in [0.2, 0.25) is 0 Å². The summed E-state index contributed by atoms with van der Waals surface area (Å²) in [4.78, 5) is 32.8. The zero-order chi connectivity index (χ0) is 19.3. The fourth-order valence-corrected chi connectivity index (χ4v) is 1.34. The topological polar surface area (TPSA) is 103 Å². The molecule has 0 aromatic heterocycles. The standard InChI is InChI=1S/C11H21NO4.C5H11NO2/c1-8(10(14)15-5)12-7-6-9(13)16-11(2,3)4;1-4(6-2)5(7)8-3/h8,12H,6-7H2,1-5H3;4,6H,1-3H3. The molecular weight excluding hydrogens is 316 g/mol. The first-order valence-corrected chi connectivity index (χ1v) is 7.76. The van der Waals surface area contributed by atoms with Crippen LogP contribution < -0.4 is 10.6 Å². The molecule has 0 bridgehead atoms. The van der Waals surface area contributed by atoms with Crippen LogP contribution in [0, 0.1) is 0 Å². The summed E-state index contributed by atoms with van der Waals surface area (Å²) >= 11 is 0. The van der Waals surface area contributed by atoms with E-state index in [0.717, 1.165) is 0 Å². The molecule has 0 aliphatic heterocycles. The Morgan fingerprint density at radius 3 is 1.75 bits per heavy atom. The van der Waals surface area contributed by atoms with Crippen molar-refractivity contribution in [3.63, 3.8) is 0 Å². The Kier molecular flexibility index (Phi) is 13.0. The molecule has 24 heavy (non-hydrogen) atoms. The zero-order valence-electron chi connectivity index (χ0n) is 16.0. The third-order valence-corrected chi connectivity index (χ3v) is 2.74. The summed E-state index contributed by atoms with van der Waals surface area (Å²) in [6.45, 7) is 9.26. The van der Waals surface area contributed by atoms with Crippen molar-refractivity contribution < 1.29 is 28.6 Å². The van der Waals surface area contributed by atoms with Crippen molar-refractivity contribution in [2.75, 3.05) is 27.8 Å². The van der Waals surface area contributed by atoms with Gasteiger partial charge in [-0.05, 0) is 41.7 Å². The van der Waals surface area contributed by atoms with Crippen LogP contribution in [0.1, 0.15) is 41.0 Å². The van der Waals surface area contributed by atoms with Crippen molar-refractivity contribution in [3.8, 4) is 0 Å². The lowest BCUT2D eigenvalue weighted by Gasteiger charge is -2.19. The van der Waals surface area contributed by atoms with Gasteiger partial charge in [0.1, 0.15) is 17.7 Å². The summed E-state index contributed by atoms with van der Waals surface area (Å²) in [6, 6.07) is -0.604. The number of carbonyl (C=O) groups is 3. The Bertz CT molecular complexity index is 393. The average Bonchev–Trinajstić information content (AvgIpc) is 2.51. The van der Waals surface area contributed by atoms with Gasteiger partial charge in [0.15, 0.2) is 0 Å². The summed E-state index contributed by atoms with van der Waals surface area (Å²) in [5, 5.41) is 5.62. The molecule has 2 unspecified atom stereocenters. The molecule has 8 heteroatoms. The first-order chi connectivity index (χ1) is 11.0. The van der Waals surface area contributed by atoms with E-state index in [9.17, 15) is 14.4 Å². The summed E-state index contributed by atoms with van der Waals surface area (Å²) in [5.74, 6) is -0.853. The molecule has 0 aromatic rings. The molecule has 0 saturated heterocycles. The molecule has 0 amide bonds. The van der Waals surface area contributed by atoms with Crippen molar-refractivity contribution in [3.05, 3.63) is 0 Å². The van der Waals surface area contributed by atoms with Gasteiger partial charge in [-0.3, -0.25) is 14.4 Å². The fourth-order valence-electron chi connectivity index (χ4n) is 1.34. The number of methoxy groups -OCH3 is 2. The number of ether oxygens (including phenoxy) is 3. The van der Waals surface area contributed by atoms with E-state index in [-0.39, 0.29) is 30.4 Å². The maximum Gasteiger partial charge on any atom is 0.322 e. The number of rotatable bonds is 7. The van der Waals surface area contributed by atoms with E-state index in [2.05, 4.69) is 20.1 Å². The highest BCUT2D eigenvalue weighted by Gasteiger charge is 2.17. The first-order valence-electron chi connectivity index (χ1n) is 7.76. The Labute approximate surface area is 144 Å². The molecule has 0 aromatic carbocycles. The van der Waals surface area contributed by atoms with Crippen molar-refractivity contribution in [2.24, 2.45) is 0 Å². The molecule has 0 aliphatic rings. The molecule has 2 N–H and O–H groups in total. The molecule has 0 saturated carbocycles. The average molecular weight is 348 g/mol. The van der Waals surface area contributed by atoms with Gasteiger partial charge in [-0.25, -0.2) is 0 Å². The molecule has 0 fully saturated rings. The number of esters is 3. The summed E-state index contributed by atoms with van der Waals surface area (Å²) in [6.07, 6.45) is 0.235. The van der Waals surface area contributed by atoms with Crippen LogP contribution in [0.15, 0.2) is 0 Å². The van der Waals surface area contributed by atoms with E-state index >= 15 is 0 Å². The zero-order valence-corrected chi connectivity index (χ0v) is 16.0. The van der Waals surface area contributed by atoms with Gasteiger partial charge in [0.2, 0.25) is 0 Å². The largest absolute Gasteiger partial charge is 0.468 e. The number of carbonyl (C=O) groups excluding carboxylic acids is 3. The lowest BCUT2D eigenvalue weighted by atomic mass is 10.2. The number of nitrogens with one attached hydrogen (secondary N) is 2. The number of hydrogen-bond acceptors (Lipinski definition) is 8. The van der Waals surface area contributed by atoms with Gasteiger partial charge in [-0.1, -0.05) is 0 Å². The summed E-state index contributed by atoms with van der Waals surface area (Å²) in [7, 11) is 4.41. The van der Waals surface area contributed by atoms with Crippen LogP contribution in [0.4, 0.5) is 0 Å². The van der Waals surface area contributed by atoms with Crippen molar-refractivity contribution >= 4 is 17.9 Å². The van der Waals surface area contributed by atoms with Gasteiger partial charge >= 0.3 is 17.9 Å². The van der Waals surface area contributed by atoms with E-state index in [1.54, 1.807) is 20.9 Å². The van der Waals surface area contributed by atoms with Gasteiger partial charge in [0.05, 0.1) is 20.6 Å². The summed E-state index contributed by atoms with van der Waals surface area (Å²) < 4.78 is 14.0. The van der Waals surface area contributed by atoms with Crippen LogP contribution in [-0.4, -0.2) is 63.4 Å². The van der Waals surface area contributed by atoms with E-state index < -0.39 is 11.6 Å². The highest BCUT2D eigenvalue weighted by molar-refractivity contribution is 5.75. The van der Waals surface area contributed by atoms with Gasteiger partial charge in [-0.15, -0.1) is 0 Å². The third kappa shape index (κ3) is 14.0. The molecular formula is C16H32N2O6. The minimum atomic E-state index is -0.467. The maximum absolute atomic E-state index is 11.3. The monoisotopic (exact) mass is 348 g/mol. The first kappa shape index (κ1) is 24.6. The van der Waals surface area contributed by atoms with Gasteiger partial charge in [0.25, 0.3) is 0 Å². The van der Waals surface area contributed by atoms with Crippen LogP contribution in [0.5, 0.6) is 0 Å². The Hall–Kier alpha value is -1.67. The SMILES string of the molecule is CNC(C)C(=O)OC.COC(=O)C(C)NCCC(=O)OC(C)(C)C. The van der Waals surface area contributed by atoms with Crippen molar-refractivity contribution in [1.29, 1.82) is 0 Å². The van der Waals surface area contributed by atoms with Gasteiger partial charge in [0, 0.05) is 6.54 Å².